The predicted molar refractivity (Wildman–Crippen MR) is 34.1 cm³/mol. The maximum absolute atomic E-state index is 3.89. The van der Waals surface area contributed by atoms with Crippen molar-refractivity contribution in [2.24, 2.45) is 0 Å². The lowest BCUT2D eigenvalue weighted by Crippen LogP contribution is -1.69. The van der Waals surface area contributed by atoms with Gasteiger partial charge in [0, 0.05) is 11.5 Å². The van der Waals surface area contributed by atoms with E-state index in [-0.39, 0.29) is 0 Å². The fourth-order valence-electron chi connectivity index (χ4n) is 0.300. The Hall–Kier alpha value is -0.500. The summed E-state index contributed by atoms with van der Waals surface area (Å²) < 4.78 is 3.89. The summed E-state index contributed by atoms with van der Waals surface area (Å²) in [5.74, 6) is 0. The van der Waals surface area contributed by atoms with Crippen LogP contribution in [0.1, 0.15) is 0 Å². The minimum Gasteiger partial charge on any atom is -0.0553 e. The Labute approximate surface area is 47.0 Å². The molecule has 1 aliphatic rings. The van der Waals surface area contributed by atoms with E-state index in [0.29, 0.717) is 0 Å². The van der Waals surface area contributed by atoms with Crippen LogP contribution >= 0.6 is 11.9 Å². The van der Waals surface area contributed by atoms with Crippen LogP contribution in [0.2, 0.25) is 0 Å². The molecule has 0 amide bonds. The Morgan fingerprint density at radius 3 is 3.14 bits per heavy atom. The van der Waals surface area contributed by atoms with Crippen LogP contribution < -0.4 is 4.40 Å². The summed E-state index contributed by atoms with van der Waals surface area (Å²) in [5, 5.41) is 1.93. The first-order chi connectivity index (χ1) is 3.50. The second-order valence-electron chi connectivity index (χ2n) is 1.07. The predicted octanol–water partition coefficient (Wildman–Crippen LogP) is 1.12. The zero-order valence-corrected chi connectivity index (χ0v) is 4.56. The molecule has 0 bridgehead atoms. The standard InChI is InChI=1S/C5H5NS/c1-2-4-6-7-5-3-1/h1-5H/q+1. The molecule has 1 heterocycles. The monoisotopic (exact) mass is 111 g/mol. The zero-order valence-electron chi connectivity index (χ0n) is 3.74. The molecular weight excluding hydrogens is 106 g/mol. The van der Waals surface area contributed by atoms with E-state index in [9.17, 15) is 0 Å². The first-order valence-electron chi connectivity index (χ1n) is 2.01. The molecule has 0 aliphatic carbocycles. The van der Waals surface area contributed by atoms with Crippen LogP contribution in [-0.4, -0.2) is 6.21 Å². The van der Waals surface area contributed by atoms with Gasteiger partial charge in [0.05, 0.1) is 0 Å². The molecule has 0 fully saturated rings. The van der Waals surface area contributed by atoms with Gasteiger partial charge in [0.25, 0.3) is 18.2 Å². The molecule has 1 rings (SSSR count). The summed E-state index contributed by atoms with van der Waals surface area (Å²) >= 11 is 1.44. The Balaban J connectivity index is 2.60. The van der Waals surface area contributed by atoms with Crippen molar-refractivity contribution >= 4 is 18.2 Å². The van der Waals surface area contributed by atoms with E-state index in [1.54, 1.807) is 6.21 Å². The number of nitrogens with zero attached hydrogens (tertiary/aromatic N) is 1. The molecule has 0 N–H and O–H groups in total. The summed E-state index contributed by atoms with van der Waals surface area (Å²) in [5.41, 5.74) is 0. The average molecular weight is 111 g/mol. The lowest BCUT2D eigenvalue weighted by molar-refractivity contribution is 1.75. The summed E-state index contributed by atoms with van der Waals surface area (Å²) in [4.78, 5) is 0. The minimum atomic E-state index is 1.44. The van der Waals surface area contributed by atoms with Crippen LogP contribution in [0, 0.1) is 0 Å². The van der Waals surface area contributed by atoms with Gasteiger partial charge in [-0.05, 0) is 6.08 Å². The third-order valence-electron chi connectivity index (χ3n) is 0.569. The van der Waals surface area contributed by atoms with Crippen LogP contribution in [0.5, 0.6) is 0 Å². The number of hydrogen-bond acceptors (Lipinski definition) is 2. The quantitative estimate of drug-likeness (QED) is 0.427. The number of allylic oxidation sites excluding steroid dienone is 3. The van der Waals surface area contributed by atoms with Crippen molar-refractivity contribution < 1.29 is 0 Å². The van der Waals surface area contributed by atoms with E-state index in [2.05, 4.69) is 4.40 Å². The van der Waals surface area contributed by atoms with Gasteiger partial charge in [0.2, 0.25) is 0 Å². The topological polar surface area (TPSA) is 14.1 Å². The first-order valence-corrected chi connectivity index (χ1v) is 2.85. The van der Waals surface area contributed by atoms with Gasteiger partial charge in [-0.2, -0.15) is 0 Å². The molecule has 1 radical (unpaired) electrons. The normalized spacial score (nSPS) is 17.1. The minimum absolute atomic E-state index is 1.44. The van der Waals surface area contributed by atoms with E-state index in [0.717, 1.165) is 0 Å². The van der Waals surface area contributed by atoms with Gasteiger partial charge >= 0.3 is 0 Å². The fourth-order valence-corrected chi connectivity index (χ4v) is 0.672. The lowest BCUT2D eigenvalue weighted by Gasteiger charge is -1.55. The maximum atomic E-state index is 3.89. The third-order valence-corrected chi connectivity index (χ3v) is 1.09. The largest absolute Gasteiger partial charge is 0.266 e. The molecule has 0 atom stereocenters. The Morgan fingerprint density at radius 1 is 1.14 bits per heavy atom. The number of hydrogen-bond donors (Lipinski definition) is 0. The van der Waals surface area contributed by atoms with E-state index >= 15 is 0 Å². The van der Waals surface area contributed by atoms with Crippen molar-refractivity contribution in [1.29, 1.82) is 0 Å². The molecule has 0 unspecified atom stereocenters. The lowest BCUT2D eigenvalue weighted by atomic mass is 10.5. The highest BCUT2D eigenvalue weighted by atomic mass is 32.2. The maximum Gasteiger partial charge on any atom is 0.266 e. The molecule has 1 aliphatic heterocycles. The highest BCUT2D eigenvalue weighted by Gasteiger charge is 1.88. The van der Waals surface area contributed by atoms with Crippen LogP contribution in [0.4, 0.5) is 0 Å². The SMILES string of the molecule is C1=CC=[N+]SC=C1. The van der Waals surface area contributed by atoms with Crippen LogP contribution in [0.15, 0.2) is 23.6 Å². The van der Waals surface area contributed by atoms with Gasteiger partial charge in [-0.25, -0.2) is 0 Å². The van der Waals surface area contributed by atoms with Gasteiger partial charge in [0.15, 0.2) is 0 Å². The van der Waals surface area contributed by atoms with Crippen molar-refractivity contribution in [3.63, 3.8) is 0 Å². The number of rotatable bonds is 0. The van der Waals surface area contributed by atoms with Crippen molar-refractivity contribution in [2.75, 3.05) is 0 Å². The molecule has 0 spiro atoms. The van der Waals surface area contributed by atoms with Crippen molar-refractivity contribution in [2.45, 2.75) is 0 Å². The molecule has 0 saturated heterocycles. The van der Waals surface area contributed by atoms with Crippen LogP contribution in [0.25, 0.3) is 0 Å². The molecule has 0 saturated carbocycles. The Morgan fingerprint density at radius 2 is 2.14 bits per heavy atom. The highest BCUT2D eigenvalue weighted by molar-refractivity contribution is 8.00. The van der Waals surface area contributed by atoms with Gasteiger partial charge in [0.1, 0.15) is 4.40 Å². The third kappa shape index (κ3) is 1.59. The van der Waals surface area contributed by atoms with E-state index in [1.165, 1.54) is 11.9 Å². The van der Waals surface area contributed by atoms with Crippen LogP contribution in [-0.2, 0) is 0 Å². The highest BCUT2D eigenvalue weighted by Crippen LogP contribution is 1.95. The van der Waals surface area contributed by atoms with Crippen molar-refractivity contribution in [3.8, 4) is 0 Å². The molecule has 0 aromatic rings. The van der Waals surface area contributed by atoms with E-state index in [4.69, 9.17) is 0 Å². The first kappa shape index (κ1) is 4.65. The van der Waals surface area contributed by atoms with Crippen molar-refractivity contribution in [3.05, 3.63) is 23.6 Å². The fraction of sp³-hybridized carbons (Fsp3) is 0. The Kier molecular flexibility index (Phi) is 1.75. The van der Waals surface area contributed by atoms with E-state index < -0.39 is 0 Å². The Bertz CT molecular complexity index is 110. The smallest absolute Gasteiger partial charge is 0.0553 e. The molecular formula is C5H5NS+. The van der Waals surface area contributed by atoms with E-state index in [1.807, 2.05) is 23.6 Å². The second kappa shape index (κ2) is 2.64. The van der Waals surface area contributed by atoms with Crippen LogP contribution in [0.3, 0.4) is 0 Å². The summed E-state index contributed by atoms with van der Waals surface area (Å²) in [6, 6.07) is 0. The van der Waals surface area contributed by atoms with Gasteiger partial charge in [-0.1, -0.05) is 6.08 Å². The molecule has 0 aromatic carbocycles. The van der Waals surface area contributed by atoms with Gasteiger partial charge in [-0.15, -0.1) is 0 Å². The molecule has 2 heteroatoms. The summed E-state index contributed by atoms with van der Waals surface area (Å²) in [7, 11) is 0. The van der Waals surface area contributed by atoms with Gasteiger partial charge < -0.3 is 0 Å². The molecule has 7 heavy (non-hydrogen) atoms. The molecule has 35 valence electrons. The second-order valence-corrected chi connectivity index (χ2v) is 1.77. The van der Waals surface area contributed by atoms with Gasteiger partial charge in [-0.3, -0.25) is 0 Å². The average Bonchev–Trinajstić information content (AvgIpc) is 1.90. The molecule has 0 aromatic heterocycles. The summed E-state index contributed by atoms with van der Waals surface area (Å²) in [6.45, 7) is 0. The summed E-state index contributed by atoms with van der Waals surface area (Å²) in [6.07, 6.45) is 7.57. The zero-order chi connectivity index (χ0) is 4.95. The van der Waals surface area contributed by atoms with Crippen molar-refractivity contribution in [1.82, 2.24) is 4.40 Å². The molecule has 1 nitrogen and oxygen atoms in total.